The van der Waals surface area contributed by atoms with E-state index in [0.29, 0.717) is 0 Å². The van der Waals surface area contributed by atoms with E-state index in [9.17, 15) is 35.1 Å². The first-order valence-corrected chi connectivity index (χ1v) is 5.23. The highest BCUT2D eigenvalue weighted by atomic mass is 19.4. The molecule has 0 radical (unpaired) electrons. The van der Waals surface area contributed by atoms with Crippen molar-refractivity contribution in [2.45, 2.75) is 32.3 Å². The summed E-state index contributed by atoms with van der Waals surface area (Å²) in [6, 6.07) is 0.291. The van der Waals surface area contributed by atoms with Crippen molar-refractivity contribution < 1.29 is 39.9 Å². The summed E-state index contributed by atoms with van der Waals surface area (Å²) in [5, 5.41) is 0. The summed E-state index contributed by atoms with van der Waals surface area (Å²) in [6.07, 6.45) is -10.6. The normalized spacial score (nSPS) is 12.9. The van der Waals surface area contributed by atoms with E-state index < -0.39 is 47.8 Å². The van der Waals surface area contributed by atoms with Crippen molar-refractivity contribution in [3.63, 3.8) is 0 Å². The van der Waals surface area contributed by atoms with Gasteiger partial charge in [-0.05, 0) is 18.6 Å². The second-order valence-corrected chi connectivity index (χ2v) is 3.70. The van der Waals surface area contributed by atoms with Gasteiger partial charge < -0.3 is 4.74 Å². The number of alkyl halides is 8. The molecule has 114 valence electrons. The van der Waals surface area contributed by atoms with Gasteiger partial charge in [-0.3, -0.25) is 0 Å². The summed E-state index contributed by atoms with van der Waals surface area (Å²) in [5.41, 5.74) is -4.04. The van der Waals surface area contributed by atoms with Crippen LogP contribution < -0.4 is 4.74 Å². The highest BCUT2D eigenvalue weighted by Crippen LogP contribution is 2.44. The molecule has 0 spiro atoms. The maximum absolute atomic E-state index is 12.7. The number of ether oxygens (including phenoxy) is 1. The lowest BCUT2D eigenvalue weighted by molar-refractivity contribution is -0.145. The molecule has 1 aromatic carbocycles. The zero-order valence-electron chi connectivity index (χ0n) is 9.87. The number of hydrogen-bond donors (Lipinski definition) is 0. The van der Waals surface area contributed by atoms with Gasteiger partial charge in [0, 0.05) is 5.56 Å². The molecule has 0 aliphatic heterocycles. The molecule has 1 rings (SSSR count). The van der Waals surface area contributed by atoms with Crippen molar-refractivity contribution in [1.82, 2.24) is 0 Å². The molecule has 0 aliphatic carbocycles. The zero-order valence-corrected chi connectivity index (χ0v) is 9.87. The highest BCUT2D eigenvalue weighted by molar-refractivity contribution is 5.49. The van der Waals surface area contributed by atoms with Crippen LogP contribution >= 0.6 is 0 Å². The number of rotatable bonds is 3. The van der Waals surface area contributed by atoms with Gasteiger partial charge in [0.15, 0.2) is 0 Å². The van der Waals surface area contributed by atoms with Gasteiger partial charge in [-0.25, -0.2) is 0 Å². The quantitative estimate of drug-likeness (QED) is 0.723. The maximum atomic E-state index is 12.7. The van der Waals surface area contributed by atoms with E-state index in [1.165, 1.54) is 0 Å². The average molecular weight is 308 g/mol. The second-order valence-electron chi connectivity index (χ2n) is 3.70. The molecule has 9 heteroatoms. The predicted molar refractivity (Wildman–Crippen MR) is 52.5 cm³/mol. The van der Waals surface area contributed by atoms with Crippen LogP contribution in [0.3, 0.4) is 0 Å². The van der Waals surface area contributed by atoms with Crippen LogP contribution in [0.2, 0.25) is 0 Å². The first-order chi connectivity index (χ1) is 8.98. The summed E-state index contributed by atoms with van der Waals surface area (Å²) >= 11 is 0. The fourth-order valence-electron chi connectivity index (χ4n) is 1.69. The Kier molecular flexibility index (Phi) is 4.50. The molecule has 0 unspecified atom stereocenters. The fourth-order valence-corrected chi connectivity index (χ4v) is 1.69. The topological polar surface area (TPSA) is 9.23 Å². The summed E-state index contributed by atoms with van der Waals surface area (Å²) in [4.78, 5) is 0. The zero-order chi connectivity index (χ0) is 15.7. The largest absolute Gasteiger partial charge is 0.434 e. The van der Waals surface area contributed by atoms with Crippen molar-refractivity contribution in [2.75, 3.05) is 0 Å². The molecular weight excluding hydrogens is 300 g/mol. The van der Waals surface area contributed by atoms with Crippen LogP contribution in [-0.4, -0.2) is 6.61 Å². The predicted octanol–water partition coefficient (Wildman–Crippen LogP) is 4.89. The second kappa shape index (κ2) is 5.45. The fraction of sp³-hybridized carbons (Fsp3) is 0.455. The first-order valence-electron chi connectivity index (χ1n) is 5.23. The van der Waals surface area contributed by atoms with Gasteiger partial charge in [0.05, 0.1) is 11.1 Å². The molecule has 1 aromatic rings. The van der Waals surface area contributed by atoms with Crippen molar-refractivity contribution in [3.05, 3.63) is 28.8 Å². The third-order valence-corrected chi connectivity index (χ3v) is 2.43. The summed E-state index contributed by atoms with van der Waals surface area (Å²) in [6.45, 7) is -2.55. The molecule has 0 saturated carbocycles. The third-order valence-electron chi connectivity index (χ3n) is 2.43. The van der Waals surface area contributed by atoms with Crippen LogP contribution in [0.5, 0.6) is 5.75 Å². The molecule has 0 amide bonds. The van der Waals surface area contributed by atoms with Gasteiger partial charge in [0.2, 0.25) is 0 Å². The Morgan fingerprint density at radius 2 is 1.40 bits per heavy atom. The first kappa shape index (κ1) is 16.5. The molecule has 0 heterocycles. The van der Waals surface area contributed by atoms with Gasteiger partial charge in [-0.2, -0.15) is 35.1 Å². The molecule has 0 atom stereocenters. The Balaban J connectivity index is 3.59. The van der Waals surface area contributed by atoms with Crippen molar-refractivity contribution in [1.29, 1.82) is 0 Å². The van der Waals surface area contributed by atoms with Gasteiger partial charge in [-0.1, -0.05) is 6.92 Å². The van der Waals surface area contributed by atoms with Crippen LogP contribution in [0.15, 0.2) is 12.1 Å². The minimum Gasteiger partial charge on any atom is -0.434 e. The van der Waals surface area contributed by atoms with E-state index in [1.54, 1.807) is 0 Å². The molecule has 20 heavy (non-hydrogen) atoms. The molecule has 0 fully saturated rings. The van der Waals surface area contributed by atoms with Gasteiger partial charge in [-0.15, -0.1) is 0 Å². The number of halogens is 8. The molecular formula is C11H8F8O. The third kappa shape index (κ3) is 3.51. The monoisotopic (exact) mass is 308 g/mol. The molecule has 0 aliphatic rings. The van der Waals surface area contributed by atoms with Gasteiger partial charge in [0.25, 0.3) is 0 Å². The van der Waals surface area contributed by atoms with Gasteiger partial charge >= 0.3 is 19.0 Å². The van der Waals surface area contributed by atoms with Gasteiger partial charge in [0.1, 0.15) is 5.75 Å². The van der Waals surface area contributed by atoms with Crippen LogP contribution in [-0.2, 0) is 18.8 Å². The SMILES string of the molecule is CCc1c(C(F)(F)F)ccc(C(F)(F)F)c1OC(F)F. The number of benzene rings is 1. The lowest BCUT2D eigenvalue weighted by atomic mass is 9.99. The van der Waals surface area contributed by atoms with Crippen molar-refractivity contribution >= 4 is 0 Å². The minimum atomic E-state index is -5.10. The average Bonchev–Trinajstić information content (AvgIpc) is 2.24. The Hall–Kier alpha value is -1.54. The van der Waals surface area contributed by atoms with E-state index in [2.05, 4.69) is 4.74 Å². The Bertz CT molecular complexity index is 475. The lowest BCUT2D eigenvalue weighted by Gasteiger charge is -2.20. The van der Waals surface area contributed by atoms with Crippen molar-refractivity contribution in [3.8, 4) is 5.75 Å². The summed E-state index contributed by atoms with van der Waals surface area (Å²) in [5.74, 6) is -1.48. The minimum absolute atomic E-state index is 0.0830. The summed E-state index contributed by atoms with van der Waals surface area (Å²) < 4.78 is 104. The molecule has 0 aromatic heterocycles. The highest BCUT2D eigenvalue weighted by Gasteiger charge is 2.41. The van der Waals surface area contributed by atoms with E-state index >= 15 is 0 Å². The van der Waals surface area contributed by atoms with Crippen LogP contribution in [0.25, 0.3) is 0 Å². The smallest absolute Gasteiger partial charge is 0.419 e. The molecule has 1 nitrogen and oxygen atoms in total. The van der Waals surface area contributed by atoms with Crippen LogP contribution in [0, 0.1) is 0 Å². The standard InChI is InChI=1S/C11H8F8O/c1-2-5-6(10(14,15)16)3-4-7(11(17,18)19)8(5)20-9(12)13/h3-4,9H,2H2,1H3. The van der Waals surface area contributed by atoms with Crippen molar-refractivity contribution in [2.24, 2.45) is 0 Å². The van der Waals surface area contributed by atoms with E-state index in [-0.39, 0.29) is 12.1 Å². The molecule has 0 saturated heterocycles. The molecule has 0 bridgehead atoms. The summed E-state index contributed by atoms with van der Waals surface area (Å²) in [7, 11) is 0. The van der Waals surface area contributed by atoms with E-state index in [0.717, 1.165) is 6.92 Å². The van der Waals surface area contributed by atoms with Crippen LogP contribution in [0.1, 0.15) is 23.6 Å². The number of hydrogen-bond acceptors (Lipinski definition) is 1. The maximum Gasteiger partial charge on any atom is 0.419 e. The molecule has 0 N–H and O–H groups in total. The van der Waals surface area contributed by atoms with Crippen LogP contribution in [0.4, 0.5) is 35.1 Å². The lowest BCUT2D eigenvalue weighted by Crippen LogP contribution is -2.17. The Labute approximate surface area is 108 Å². The van der Waals surface area contributed by atoms with E-state index in [1.807, 2.05) is 0 Å². The Morgan fingerprint density at radius 3 is 1.75 bits per heavy atom. The Morgan fingerprint density at radius 1 is 0.950 bits per heavy atom. The van der Waals surface area contributed by atoms with E-state index in [4.69, 9.17) is 0 Å².